The second kappa shape index (κ2) is 11.6. The van der Waals surface area contributed by atoms with Crippen LogP contribution in [0.4, 0.5) is 0 Å². The van der Waals surface area contributed by atoms with Gasteiger partial charge in [-0.1, -0.05) is 12.1 Å². The first-order chi connectivity index (χ1) is 13.6. The van der Waals surface area contributed by atoms with Crippen molar-refractivity contribution in [3.05, 3.63) is 54.1 Å². The molecule has 28 heavy (non-hydrogen) atoms. The number of hydrogen-bond acceptors (Lipinski definition) is 6. The molecule has 0 radical (unpaired) electrons. The van der Waals surface area contributed by atoms with E-state index >= 15 is 0 Å². The Labute approximate surface area is 165 Å². The summed E-state index contributed by atoms with van der Waals surface area (Å²) < 4.78 is 20.8. The van der Waals surface area contributed by atoms with Crippen molar-refractivity contribution in [2.75, 3.05) is 20.8 Å². The molecule has 6 nitrogen and oxygen atoms in total. The number of methoxy groups -OCH3 is 2. The molecule has 0 amide bonds. The van der Waals surface area contributed by atoms with Crippen LogP contribution in [0.2, 0.25) is 0 Å². The maximum Gasteiger partial charge on any atom is 0.306 e. The highest BCUT2D eigenvalue weighted by Gasteiger charge is 2.07. The van der Waals surface area contributed by atoms with Gasteiger partial charge in [0, 0.05) is 12.8 Å². The summed E-state index contributed by atoms with van der Waals surface area (Å²) in [6, 6.07) is 14.4. The van der Waals surface area contributed by atoms with E-state index < -0.39 is 0 Å². The van der Waals surface area contributed by atoms with Crippen LogP contribution >= 0.6 is 0 Å². The predicted molar refractivity (Wildman–Crippen MR) is 105 cm³/mol. The van der Waals surface area contributed by atoms with E-state index in [-0.39, 0.29) is 25.0 Å². The lowest BCUT2D eigenvalue weighted by Crippen LogP contribution is -2.11. The minimum absolute atomic E-state index is 0.00224. The molecule has 0 saturated carbocycles. The van der Waals surface area contributed by atoms with Gasteiger partial charge in [0.2, 0.25) is 0 Å². The standard InChI is InChI=1S/C22H26O6/c1-25-19-9-7-17(8-10-19)15-28-22(24)6-4-3-5-18(23)16-27-21-13-11-20(26-2)12-14-21/h7-14H,3-6,15-16H2,1-2H3. The number of ether oxygens (including phenoxy) is 4. The van der Waals surface area contributed by atoms with Crippen LogP contribution in [-0.4, -0.2) is 32.6 Å². The second-order valence-corrected chi connectivity index (χ2v) is 6.22. The van der Waals surface area contributed by atoms with Crippen molar-refractivity contribution in [1.29, 1.82) is 0 Å². The lowest BCUT2D eigenvalue weighted by Gasteiger charge is -2.07. The average molecular weight is 386 g/mol. The van der Waals surface area contributed by atoms with Gasteiger partial charge in [0.25, 0.3) is 0 Å². The van der Waals surface area contributed by atoms with Crippen LogP contribution in [0, 0.1) is 0 Å². The van der Waals surface area contributed by atoms with Gasteiger partial charge >= 0.3 is 5.97 Å². The van der Waals surface area contributed by atoms with Crippen molar-refractivity contribution in [3.63, 3.8) is 0 Å². The summed E-state index contributed by atoms with van der Waals surface area (Å²) >= 11 is 0. The van der Waals surface area contributed by atoms with E-state index in [0.717, 1.165) is 17.1 Å². The van der Waals surface area contributed by atoms with E-state index in [9.17, 15) is 9.59 Å². The molecule has 0 heterocycles. The fourth-order valence-corrected chi connectivity index (χ4v) is 2.46. The Balaban J connectivity index is 1.55. The number of ketones is 1. The van der Waals surface area contributed by atoms with Crippen molar-refractivity contribution in [2.24, 2.45) is 0 Å². The van der Waals surface area contributed by atoms with Crippen LogP contribution in [0.1, 0.15) is 31.2 Å². The number of rotatable bonds is 12. The third kappa shape index (κ3) is 7.70. The third-order valence-electron chi connectivity index (χ3n) is 4.10. The maximum absolute atomic E-state index is 11.9. The molecule has 2 aromatic carbocycles. The summed E-state index contributed by atoms with van der Waals surface area (Å²) in [5.41, 5.74) is 0.903. The van der Waals surface area contributed by atoms with Gasteiger partial charge in [0.1, 0.15) is 30.5 Å². The average Bonchev–Trinajstić information content (AvgIpc) is 2.74. The fraction of sp³-hybridized carbons (Fsp3) is 0.364. The molecular formula is C22H26O6. The molecule has 0 aliphatic rings. The molecule has 0 aliphatic heterocycles. The quantitative estimate of drug-likeness (QED) is 0.406. The second-order valence-electron chi connectivity index (χ2n) is 6.22. The van der Waals surface area contributed by atoms with Crippen LogP contribution in [-0.2, 0) is 20.9 Å². The van der Waals surface area contributed by atoms with Crippen molar-refractivity contribution in [1.82, 2.24) is 0 Å². The molecule has 0 unspecified atom stereocenters. The molecule has 2 aromatic rings. The normalized spacial score (nSPS) is 10.2. The highest BCUT2D eigenvalue weighted by atomic mass is 16.5. The van der Waals surface area contributed by atoms with Gasteiger partial charge in [-0.2, -0.15) is 0 Å². The van der Waals surface area contributed by atoms with Gasteiger partial charge in [0.15, 0.2) is 5.78 Å². The number of Topliss-reactive ketones (excluding diaryl/α,β-unsaturated/α-hetero) is 1. The Morgan fingerprint density at radius 3 is 1.89 bits per heavy atom. The van der Waals surface area contributed by atoms with Crippen LogP contribution in [0.15, 0.2) is 48.5 Å². The Morgan fingerprint density at radius 2 is 1.29 bits per heavy atom. The van der Waals surface area contributed by atoms with Gasteiger partial charge in [-0.3, -0.25) is 9.59 Å². The summed E-state index contributed by atoms with van der Waals surface area (Å²) in [5.74, 6) is 1.85. The molecule has 0 aromatic heterocycles. The topological polar surface area (TPSA) is 71.1 Å². The van der Waals surface area contributed by atoms with E-state index in [1.54, 1.807) is 38.5 Å². The molecule has 0 bridgehead atoms. The molecule has 2 rings (SSSR count). The van der Waals surface area contributed by atoms with Crippen LogP contribution in [0.25, 0.3) is 0 Å². The summed E-state index contributed by atoms with van der Waals surface area (Å²) in [5, 5.41) is 0. The Morgan fingerprint density at radius 1 is 0.750 bits per heavy atom. The Bertz CT molecular complexity index is 671. The minimum Gasteiger partial charge on any atom is -0.497 e. The molecule has 0 fully saturated rings. The monoisotopic (exact) mass is 386 g/mol. The van der Waals surface area contributed by atoms with Crippen LogP contribution in [0.3, 0.4) is 0 Å². The predicted octanol–water partition coefficient (Wildman–Crippen LogP) is 3.96. The zero-order chi connectivity index (χ0) is 20.2. The van der Waals surface area contributed by atoms with Gasteiger partial charge < -0.3 is 18.9 Å². The van der Waals surface area contributed by atoms with Crippen molar-refractivity contribution >= 4 is 11.8 Å². The zero-order valence-electron chi connectivity index (χ0n) is 16.3. The lowest BCUT2D eigenvalue weighted by atomic mass is 10.1. The molecule has 6 heteroatoms. The van der Waals surface area contributed by atoms with E-state index in [2.05, 4.69) is 0 Å². The maximum atomic E-state index is 11.9. The largest absolute Gasteiger partial charge is 0.497 e. The molecule has 0 aliphatic carbocycles. The summed E-state index contributed by atoms with van der Waals surface area (Å²) in [7, 11) is 3.19. The number of hydrogen-bond donors (Lipinski definition) is 0. The van der Waals surface area contributed by atoms with Crippen molar-refractivity contribution < 1.29 is 28.5 Å². The van der Waals surface area contributed by atoms with Crippen molar-refractivity contribution in [3.8, 4) is 17.2 Å². The third-order valence-corrected chi connectivity index (χ3v) is 4.10. The minimum atomic E-state index is -0.266. The first kappa shape index (κ1) is 21.3. The fourth-order valence-electron chi connectivity index (χ4n) is 2.46. The summed E-state index contributed by atoms with van der Waals surface area (Å²) in [6.07, 6.45) is 1.91. The van der Waals surface area contributed by atoms with Gasteiger partial charge in [-0.15, -0.1) is 0 Å². The van der Waals surface area contributed by atoms with E-state index in [1.165, 1.54) is 0 Å². The Kier molecular flexibility index (Phi) is 8.85. The van der Waals surface area contributed by atoms with Gasteiger partial charge in [-0.05, 0) is 54.8 Å². The number of unbranched alkanes of at least 4 members (excludes halogenated alkanes) is 1. The smallest absolute Gasteiger partial charge is 0.306 e. The van der Waals surface area contributed by atoms with Crippen molar-refractivity contribution in [2.45, 2.75) is 32.3 Å². The van der Waals surface area contributed by atoms with E-state index in [0.29, 0.717) is 31.4 Å². The molecule has 0 N–H and O–H groups in total. The highest BCUT2D eigenvalue weighted by molar-refractivity contribution is 5.80. The van der Waals surface area contributed by atoms with Crippen LogP contribution < -0.4 is 14.2 Å². The molecule has 0 spiro atoms. The number of carbonyl (C=O) groups excluding carboxylic acids is 2. The number of esters is 1. The molecule has 0 saturated heterocycles. The number of benzene rings is 2. The highest BCUT2D eigenvalue weighted by Crippen LogP contribution is 2.17. The molecule has 0 atom stereocenters. The van der Waals surface area contributed by atoms with E-state index in [1.807, 2.05) is 24.3 Å². The Hall–Kier alpha value is -3.02. The zero-order valence-corrected chi connectivity index (χ0v) is 16.3. The van der Waals surface area contributed by atoms with Gasteiger partial charge in [0.05, 0.1) is 14.2 Å². The first-order valence-electron chi connectivity index (χ1n) is 9.18. The summed E-state index contributed by atoms with van der Waals surface area (Å²) in [6.45, 7) is 0.256. The van der Waals surface area contributed by atoms with E-state index in [4.69, 9.17) is 18.9 Å². The summed E-state index contributed by atoms with van der Waals surface area (Å²) in [4.78, 5) is 23.7. The number of carbonyl (C=O) groups is 2. The molecule has 150 valence electrons. The van der Waals surface area contributed by atoms with Crippen LogP contribution in [0.5, 0.6) is 17.2 Å². The first-order valence-corrected chi connectivity index (χ1v) is 9.18. The molecular weight excluding hydrogens is 360 g/mol. The lowest BCUT2D eigenvalue weighted by molar-refractivity contribution is -0.145. The van der Waals surface area contributed by atoms with Gasteiger partial charge in [-0.25, -0.2) is 0 Å². The SMILES string of the molecule is COc1ccc(COC(=O)CCCCC(=O)COc2ccc(OC)cc2)cc1.